The topological polar surface area (TPSA) is 218 Å². The number of aliphatic hydroxyl groups is 1. The number of esters is 4. The number of aliphatic carboxylic acids is 2. The van der Waals surface area contributed by atoms with E-state index in [1.54, 1.807) is 0 Å². The van der Waals surface area contributed by atoms with Gasteiger partial charge in [-0.25, -0.2) is 14.4 Å². The van der Waals surface area contributed by atoms with Crippen LogP contribution in [0.3, 0.4) is 0 Å². The van der Waals surface area contributed by atoms with Crippen molar-refractivity contribution in [2.45, 2.75) is 64.3 Å². The van der Waals surface area contributed by atoms with E-state index in [1.165, 1.54) is 28.4 Å². The number of hydrogen-bond donors (Lipinski definition) is 4. The van der Waals surface area contributed by atoms with E-state index in [2.05, 4.69) is 79.4 Å². The fourth-order valence-electron chi connectivity index (χ4n) is 2.28. The molecule has 268 valence electrons. The molecule has 0 fully saturated rings. The molecule has 3 unspecified atom stereocenters. The molecule has 0 spiro atoms. The highest BCUT2D eigenvalue weighted by Gasteiger charge is 2.21. The molecule has 0 rings (SSSR count). The molecule has 0 amide bonds. The van der Waals surface area contributed by atoms with Gasteiger partial charge in [0.25, 0.3) is 0 Å². The van der Waals surface area contributed by atoms with Crippen molar-refractivity contribution in [3.63, 3.8) is 0 Å². The van der Waals surface area contributed by atoms with Gasteiger partial charge in [0, 0.05) is 41.0 Å². The van der Waals surface area contributed by atoms with Crippen LogP contribution in [-0.2, 0) is 57.2 Å². The Balaban J connectivity index is -0.000000166. The van der Waals surface area contributed by atoms with Crippen LogP contribution in [0.1, 0.15) is 46.0 Å². The summed E-state index contributed by atoms with van der Waals surface area (Å²) >= 11 is 13.4. The molecule has 0 saturated carbocycles. The second-order valence-corrected chi connectivity index (χ2v) is 10.4. The Morgan fingerprint density at radius 3 is 1.44 bits per heavy atom. The molecule has 0 aliphatic carbocycles. The Hall–Kier alpha value is -1.51. The monoisotopic (exact) mass is 868 g/mol. The third-order valence-electron chi connectivity index (χ3n) is 4.40. The van der Waals surface area contributed by atoms with Gasteiger partial charge in [-0.05, 0) is 19.3 Å². The smallest absolute Gasteiger partial charge is 0.334 e. The summed E-state index contributed by atoms with van der Waals surface area (Å²) in [6.45, 7) is 0.598. The molecule has 0 aromatic rings. The first-order chi connectivity index (χ1) is 20.8. The number of alkyl halides is 3. The summed E-state index contributed by atoms with van der Waals surface area (Å²) in [6.07, 6.45) is -2.76. The molecule has 0 aromatic heterocycles. The first kappa shape index (κ1) is 53.0. The second kappa shape index (κ2) is 38.7. The zero-order valence-corrected chi connectivity index (χ0v) is 30.7. The summed E-state index contributed by atoms with van der Waals surface area (Å²) < 4.78 is 27.6. The number of rotatable bonds is 19. The predicted molar refractivity (Wildman–Crippen MR) is 178 cm³/mol. The molecule has 0 heterocycles. The molecule has 45 heavy (non-hydrogen) atoms. The molecule has 0 saturated heterocycles. The van der Waals surface area contributed by atoms with Gasteiger partial charge in [0.2, 0.25) is 0 Å². The maximum Gasteiger partial charge on any atom is 0.334 e. The number of carboxylic acid groups (broad SMARTS) is 2. The number of methoxy groups -OCH3 is 4. The summed E-state index contributed by atoms with van der Waals surface area (Å²) in [6, 6.07) is 0. The van der Waals surface area contributed by atoms with E-state index in [4.69, 9.17) is 24.8 Å². The molecule has 15 nitrogen and oxygen atoms in total. The van der Waals surface area contributed by atoms with Crippen molar-refractivity contribution in [2.75, 3.05) is 63.4 Å². The van der Waals surface area contributed by atoms with E-state index >= 15 is 0 Å². The molecule has 0 radical (unpaired) electrons. The molecule has 3 N–H and O–H groups in total. The zero-order chi connectivity index (χ0) is 34.9. The normalized spacial score (nSPS) is 11.4. The van der Waals surface area contributed by atoms with Crippen molar-refractivity contribution in [1.82, 2.24) is 0 Å². The van der Waals surface area contributed by atoms with Crippen LogP contribution >= 0.6 is 60.4 Å². The van der Waals surface area contributed by atoms with Crippen LogP contribution in [0.4, 0.5) is 0 Å². The van der Waals surface area contributed by atoms with Crippen molar-refractivity contribution in [3.8, 4) is 0 Å². The number of ether oxygens (including phenoxy) is 6. The average Bonchev–Trinajstić information content (AvgIpc) is 3.02. The van der Waals surface area contributed by atoms with Gasteiger partial charge >= 0.3 is 35.8 Å². The van der Waals surface area contributed by atoms with Crippen molar-refractivity contribution < 1.29 is 72.5 Å². The lowest BCUT2D eigenvalue weighted by atomic mass is 10.2. The van der Waals surface area contributed by atoms with Crippen LogP contribution in [0.15, 0.2) is 0 Å². The van der Waals surface area contributed by atoms with Gasteiger partial charge in [0.15, 0.2) is 18.3 Å². The first-order valence-corrected chi connectivity index (χ1v) is 16.7. The van der Waals surface area contributed by atoms with E-state index < -0.39 is 48.2 Å². The van der Waals surface area contributed by atoms with Crippen molar-refractivity contribution in [1.29, 1.82) is 0 Å². The van der Waals surface area contributed by atoms with Gasteiger partial charge in [-0.15, -0.1) is 0 Å². The Labute approximate surface area is 295 Å². The predicted octanol–water partition coefficient (Wildman–Crippen LogP) is 3.03. The third-order valence-corrected chi connectivity index (χ3v) is 6.76. The first-order valence-electron chi connectivity index (χ1n) is 12.7. The Kier molecular flexibility index (Phi) is 45.5. The highest BCUT2D eigenvalue weighted by atomic mass is 79.9. The third kappa shape index (κ3) is 38.6. The fraction of sp³-hybridized carbons (Fsp3) is 0.769. The molecular weight excluding hydrogens is 824 g/mol. The minimum Gasteiger partial charge on any atom is -0.481 e. The summed E-state index contributed by atoms with van der Waals surface area (Å²) in [4.78, 5) is 63.8. The van der Waals surface area contributed by atoms with Gasteiger partial charge in [-0.1, -0.05) is 55.2 Å². The molecule has 0 aliphatic rings. The number of carbonyl (C=O) groups is 6. The number of halogens is 3. The summed E-state index contributed by atoms with van der Waals surface area (Å²) in [5, 5.41) is 28.6. The number of carbonyl (C=O) groups excluding carboxylic acids is 4. The van der Waals surface area contributed by atoms with E-state index in [0.29, 0.717) is 17.7 Å². The van der Waals surface area contributed by atoms with Gasteiger partial charge < -0.3 is 43.7 Å². The highest BCUT2D eigenvalue weighted by Crippen LogP contribution is 2.06. The van der Waals surface area contributed by atoms with Crippen LogP contribution in [0.25, 0.3) is 0 Å². The van der Waals surface area contributed by atoms with E-state index in [1.807, 2.05) is 0 Å². The maximum atomic E-state index is 11.2. The molecule has 0 aromatic carbocycles. The Morgan fingerprint density at radius 1 is 0.644 bits per heavy atom. The summed E-state index contributed by atoms with van der Waals surface area (Å²) in [7, 11) is 5.00. The number of hydrogen-bond acceptors (Lipinski definition) is 14. The van der Waals surface area contributed by atoms with E-state index in [0.717, 1.165) is 10.7 Å². The molecule has 0 bridgehead atoms. The average molecular weight is 871 g/mol. The van der Waals surface area contributed by atoms with Gasteiger partial charge in [0.1, 0.15) is 0 Å². The van der Waals surface area contributed by atoms with Crippen molar-refractivity contribution in [3.05, 3.63) is 0 Å². The summed E-state index contributed by atoms with van der Waals surface area (Å²) in [5.41, 5.74) is 0. The molecule has 19 heteroatoms. The van der Waals surface area contributed by atoms with Gasteiger partial charge in [-0.2, -0.15) is 12.6 Å². The number of thiol groups is 1. The van der Waals surface area contributed by atoms with Crippen LogP contribution in [0.2, 0.25) is 0 Å². The van der Waals surface area contributed by atoms with Crippen LogP contribution in [0.5, 0.6) is 0 Å². The lowest BCUT2D eigenvalue weighted by Crippen LogP contribution is -2.27. The standard InChI is InChI=1S/C9H15BrO5.C7H12O5S.C7H12O5.C2H4Br2.CH4/c1-13-8(11)4-3-7(9(12)14-2)15-6-5-10;8-6(9)2-1-5(7(10)11)12-3-4-13;1-11-6(9)4-3-5(8)7(10)12-2;3-1-2-4;/h7H,3-6H2,1-2H3;5,13H,1-4H2,(H,8,9)(H,10,11);5,8H,3-4H2,1-2H3;1-2H2;1H4. The lowest BCUT2D eigenvalue weighted by Gasteiger charge is -2.13. The quantitative estimate of drug-likeness (QED) is 0.0635. The fourth-order valence-corrected chi connectivity index (χ4v) is 2.57. The summed E-state index contributed by atoms with van der Waals surface area (Å²) in [5.74, 6) is -3.79. The number of aliphatic hydroxyl groups excluding tert-OH is 1. The minimum absolute atomic E-state index is 0. The van der Waals surface area contributed by atoms with E-state index in [-0.39, 0.29) is 58.5 Å². The Bertz CT molecular complexity index is 789. The minimum atomic E-state index is -1.24. The van der Waals surface area contributed by atoms with Gasteiger partial charge in [0.05, 0.1) is 41.7 Å². The molecular formula is C26H47Br3O15S. The molecule has 3 atom stereocenters. The highest BCUT2D eigenvalue weighted by molar-refractivity contribution is 9.12. The lowest BCUT2D eigenvalue weighted by molar-refractivity contribution is -0.155. The number of carboxylic acids is 2. The maximum absolute atomic E-state index is 11.2. The SMILES string of the molecule is BrCCBr.C.COC(=O)CCC(O)C(=O)OC.COC(=O)CCC(OCCBr)C(=O)OC.O=C(O)CCC(OCCS)C(=O)O. The van der Waals surface area contributed by atoms with Gasteiger partial charge in [-0.3, -0.25) is 14.4 Å². The molecule has 0 aliphatic heterocycles. The second-order valence-electron chi connectivity index (χ2n) is 7.57. The van der Waals surface area contributed by atoms with Crippen molar-refractivity contribution in [2.24, 2.45) is 0 Å². The van der Waals surface area contributed by atoms with Crippen LogP contribution in [0, 0.1) is 0 Å². The Morgan fingerprint density at radius 2 is 1.09 bits per heavy atom. The zero-order valence-electron chi connectivity index (χ0n) is 25.0. The van der Waals surface area contributed by atoms with Crippen LogP contribution < -0.4 is 0 Å². The van der Waals surface area contributed by atoms with Crippen molar-refractivity contribution >= 4 is 96.2 Å². The van der Waals surface area contributed by atoms with E-state index in [9.17, 15) is 28.8 Å². The van der Waals surface area contributed by atoms with Crippen LogP contribution in [-0.4, -0.2) is 133 Å². The largest absolute Gasteiger partial charge is 0.481 e.